The van der Waals surface area contributed by atoms with E-state index in [1.54, 1.807) is 11.0 Å². The second-order valence-corrected chi connectivity index (χ2v) is 9.57. The van der Waals surface area contributed by atoms with E-state index in [4.69, 9.17) is 14.2 Å². The van der Waals surface area contributed by atoms with Crippen LogP contribution in [0.4, 0.5) is 9.18 Å². The van der Waals surface area contributed by atoms with Crippen LogP contribution in [0.5, 0.6) is 5.75 Å². The third-order valence-corrected chi connectivity index (χ3v) is 5.77. The molecule has 1 amide bonds. The predicted molar refractivity (Wildman–Crippen MR) is 104 cm³/mol. The van der Waals surface area contributed by atoms with Gasteiger partial charge in [-0.3, -0.25) is 4.90 Å². The maximum atomic E-state index is 14.1. The number of carbonyl (C=O) groups is 1. The molecule has 0 aromatic heterocycles. The first-order valence-electron chi connectivity index (χ1n) is 10.4. The van der Waals surface area contributed by atoms with E-state index in [0.717, 1.165) is 12.8 Å². The van der Waals surface area contributed by atoms with Crippen molar-refractivity contribution in [2.24, 2.45) is 5.92 Å². The average Bonchev–Trinajstić information content (AvgIpc) is 3.42. The van der Waals surface area contributed by atoms with Crippen LogP contribution in [-0.2, 0) is 15.1 Å². The fourth-order valence-corrected chi connectivity index (χ4v) is 4.29. The fourth-order valence-electron chi connectivity index (χ4n) is 4.29. The molecule has 0 spiro atoms. The van der Waals surface area contributed by atoms with Crippen LogP contribution in [-0.4, -0.2) is 53.6 Å². The number of rotatable bonds is 4. The van der Waals surface area contributed by atoms with Gasteiger partial charge >= 0.3 is 6.09 Å². The summed E-state index contributed by atoms with van der Waals surface area (Å²) in [4.78, 5) is 14.4. The van der Waals surface area contributed by atoms with Gasteiger partial charge in [0.1, 0.15) is 17.2 Å². The number of benzene rings is 1. The molecule has 0 radical (unpaired) electrons. The van der Waals surface area contributed by atoms with Gasteiger partial charge in [0, 0.05) is 18.4 Å². The van der Waals surface area contributed by atoms with Crippen molar-refractivity contribution >= 4 is 6.09 Å². The molecule has 2 heterocycles. The number of hydrogen-bond acceptors (Lipinski definition) is 5. The SMILES string of the molecule is CC(C)(C)OC(=O)N1C2COCC1CC(O)(c1cc(F)ccc1OCC1CC1)C2. The van der Waals surface area contributed by atoms with Crippen molar-refractivity contribution < 1.29 is 28.5 Å². The number of piperidine rings is 1. The number of morpholine rings is 1. The van der Waals surface area contributed by atoms with E-state index in [9.17, 15) is 14.3 Å². The Labute approximate surface area is 170 Å². The molecule has 4 rings (SSSR count). The molecule has 1 saturated carbocycles. The van der Waals surface area contributed by atoms with Crippen LogP contribution in [0.15, 0.2) is 18.2 Å². The summed E-state index contributed by atoms with van der Waals surface area (Å²) in [5.74, 6) is 0.651. The normalized spacial score (nSPS) is 29.5. The summed E-state index contributed by atoms with van der Waals surface area (Å²) >= 11 is 0. The molecule has 2 bridgehead atoms. The molecule has 2 atom stereocenters. The molecule has 160 valence electrons. The van der Waals surface area contributed by atoms with Crippen molar-refractivity contribution in [1.29, 1.82) is 0 Å². The van der Waals surface area contributed by atoms with Crippen molar-refractivity contribution in [3.63, 3.8) is 0 Å². The highest BCUT2D eigenvalue weighted by molar-refractivity contribution is 5.69. The number of hydrogen-bond donors (Lipinski definition) is 1. The van der Waals surface area contributed by atoms with E-state index < -0.39 is 23.1 Å². The summed E-state index contributed by atoms with van der Waals surface area (Å²) in [5, 5.41) is 11.6. The Morgan fingerprint density at radius 1 is 1.28 bits per heavy atom. The van der Waals surface area contributed by atoms with Gasteiger partial charge in [-0.1, -0.05) is 0 Å². The Bertz CT molecular complexity index is 759. The highest BCUT2D eigenvalue weighted by Gasteiger charge is 2.50. The maximum Gasteiger partial charge on any atom is 0.410 e. The van der Waals surface area contributed by atoms with Gasteiger partial charge in [-0.15, -0.1) is 0 Å². The molecule has 1 aromatic carbocycles. The zero-order valence-corrected chi connectivity index (χ0v) is 17.3. The summed E-state index contributed by atoms with van der Waals surface area (Å²) in [6.45, 7) is 6.68. The molecule has 1 aromatic rings. The number of fused-ring (bicyclic) bond motifs is 2. The minimum atomic E-state index is -1.29. The number of aliphatic hydroxyl groups is 1. The molecule has 29 heavy (non-hydrogen) atoms. The van der Waals surface area contributed by atoms with Crippen LogP contribution >= 0.6 is 0 Å². The first kappa shape index (κ1) is 20.4. The summed E-state index contributed by atoms with van der Waals surface area (Å²) in [5.41, 5.74) is -1.44. The third-order valence-electron chi connectivity index (χ3n) is 5.77. The first-order chi connectivity index (χ1) is 13.6. The quantitative estimate of drug-likeness (QED) is 0.826. The first-order valence-corrected chi connectivity index (χ1v) is 10.4. The Morgan fingerprint density at radius 3 is 2.52 bits per heavy atom. The van der Waals surface area contributed by atoms with E-state index in [1.807, 2.05) is 20.8 Å². The summed E-state index contributed by atoms with van der Waals surface area (Å²) in [6.07, 6.45) is 2.38. The summed E-state index contributed by atoms with van der Waals surface area (Å²) < 4.78 is 31.2. The predicted octanol–water partition coefficient (Wildman–Crippen LogP) is 3.60. The van der Waals surface area contributed by atoms with Gasteiger partial charge in [0.25, 0.3) is 0 Å². The van der Waals surface area contributed by atoms with Crippen molar-refractivity contribution in [1.82, 2.24) is 4.90 Å². The lowest BCUT2D eigenvalue weighted by Gasteiger charge is -2.51. The molecule has 6 nitrogen and oxygen atoms in total. The summed E-state index contributed by atoms with van der Waals surface area (Å²) in [7, 11) is 0. The Balaban J connectivity index is 1.58. The molecule has 2 unspecified atom stereocenters. The van der Waals surface area contributed by atoms with Crippen LogP contribution in [0.2, 0.25) is 0 Å². The van der Waals surface area contributed by atoms with Crippen molar-refractivity contribution in [3.05, 3.63) is 29.6 Å². The van der Waals surface area contributed by atoms with Gasteiger partial charge < -0.3 is 19.3 Å². The van der Waals surface area contributed by atoms with E-state index >= 15 is 0 Å². The number of nitrogens with zero attached hydrogens (tertiary/aromatic N) is 1. The second-order valence-electron chi connectivity index (χ2n) is 9.57. The maximum absolute atomic E-state index is 14.1. The molecule has 7 heteroatoms. The molecule has 2 aliphatic heterocycles. The third kappa shape index (κ3) is 4.51. The highest BCUT2D eigenvalue weighted by Crippen LogP contribution is 2.45. The molecular formula is C22H30FNO5. The molecular weight excluding hydrogens is 377 g/mol. The summed E-state index contributed by atoms with van der Waals surface area (Å²) in [6, 6.07) is 3.62. The minimum Gasteiger partial charge on any atom is -0.493 e. The molecule has 1 aliphatic carbocycles. The lowest BCUT2D eigenvalue weighted by atomic mass is 9.76. The van der Waals surface area contributed by atoms with E-state index in [-0.39, 0.29) is 24.9 Å². The van der Waals surface area contributed by atoms with Crippen molar-refractivity contribution in [2.75, 3.05) is 19.8 Å². The highest BCUT2D eigenvalue weighted by atomic mass is 19.1. The standard InChI is InChI=1S/C22H30FNO5/c1-21(2,3)29-20(25)24-16-9-22(26,10-17(24)13-27-12-16)18-8-15(23)6-7-19(18)28-11-14-4-5-14/h6-8,14,16-17,26H,4-5,9-13H2,1-3H3. The molecule has 3 fully saturated rings. The zero-order chi connectivity index (χ0) is 20.8. The number of carbonyl (C=O) groups excluding carboxylic acids is 1. The Morgan fingerprint density at radius 2 is 1.93 bits per heavy atom. The molecule has 2 saturated heterocycles. The lowest BCUT2D eigenvalue weighted by Crippen LogP contribution is -2.63. The smallest absolute Gasteiger partial charge is 0.410 e. The number of halogens is 1. The van der Waals surface area contributed by atoms with E-state index in [2.05, 4.69) is 0 Å². The van der Waals surface area contributed by atoms with Crippen molar-refractivity contribution in [3.8, 4) is 5.75 Å². The zero-order valence-electron chi connectivity index (χ0n) is 17.3. The van der Waals surface area contributed by atoms with Gasteiger partial charge in [-0.2, -0.15) is 0 Å². The van der Waals surface area contributed by atoms with Crippen LogP contribution in [0.25, 0.3) is 0 Å². The van der Waals surface area contributed by atoms with E-state index in [1.165, 1.54) is 12.1 Å². The van der Waals surface area contributed by atoms with Crippen LogP contribution in [0, 0.1) is 11.7 Å². The van der Waals surface area contributed by atoms with Crippen LogP contribution in [0.1, 0.15) is 52.0 Å². The van der Waals surface area contributed by atoms with Gasteiger partial charge in [0.05, 0.1) is 37.5 Å². The van der Waals surface area contributed by atoms with Crippen molar-refractivity contribution in [2.45, 2.75) is 69.7 Å². The average molecular weight is 407 g/mol. The van der Waals surface area contributed by atoms with Crippen LogP contribution in [0.3, 0.4) is 0 Å². The largest absolute Gasteiger partial charge is 0.493 e. The van der Waals surface area contributed by atoms with Gasteiger partial charge in [-0.05, 0) is 57.7 Å². The fraction of sp³-hybridized carbons (Fsp3) is 0.682. The van der Waals surface area contributed by atoms with Gasteiger partial charge in [-0.25, -0.2) is 9.18 Å². The molecule has 3 aliphatic rings. The second kappa shape index (κ2) is 7.43. The van der Waals surface area contributed by atoms with Crippen LogP contribution < -0.4 is 4.74 Å². The Kier molecular flexibility index (Phi) is 5.23. The number of amides is 1. The Hall–Kier alpha value is -1.86. The molecule has 1 N–H and O–H groups in total. The monoisotopic (exact) mass is 407 g/mol. The lowest BCUT2D eigenvalue weighted by molar-refractivity contribution is -0.141. The minimum absolute atomic E-state index is 0.242. The van der Waals surface area contributed by atoms with E-state index in [0.29, 0.717) is 37.1 Å². The number of ether oxygens (including phenoxy) is 3. The van der Waals surface area contributed by atoms with Gasteiger partial charge in [0.15, 0.2) is 0 Å². The van der Waals surface area contributed by atoms with Gasteiger partial charge in [0.2, 0.25) is 0 Å². The topological polar surface area (TPSA) is 68.2 Å².